The normalized spacial score (nSPS) is 14.6. The fraction of sp³-hybridized carbons (Fsp3) is 0.200. The minimum Gasteiger partial charge on any atom is -0.396 e. The quantitative estimate of drug-likeness (QED) is 0.771. The molecular weight excluding hydrogens is 290 g/mol. The molecule has 0 aliphatic heterocycles. The second-order valence-corrected chi connectivity index (χ2v) is 6.26. The second kappa shape index (κ2) is 6.36. The van der Waals surface area contributed by atoms with Crippen molar-refractivity contribution in [3.63, 3.8) is 0 Å². The van der Waals surface area contributed by atoms with E-state index in [1.54, 1.807) is 42.5 Å². The monoisotopic (exact) mass is 307 g/mol. The van der Waals surface area contributed by atoms with Crippen molar-refractivity contribution in [3.8, 4) is 0 Å². The van der Waals surface area contributed by atoms with Gasteiger partial charge in [0.1, 0.15) is 0 Å². The van der Waals surface area contributed by atoms with Crippen LogP contribution in [-0.4, -0.2) is 25.2 Å². The smallest absolute Gasteiger partial charge is 0.238 e. The summed E-state index contributed by atoms with van der Waals surface area (Å²) in [6, 6.07) is 14.9. The highest BCUT2D eigenvalue weighted by Crippen LogP contribution is 2.33. The van der Waals surface area contributed by atoms with Crippen LogP contribution in [0, 0.1) is 0 Å². The highest BCUT2D eigenvalue weighted by Gasteiger charge is 2.27. The number of nitrogens with two attached hydrogens (primary N) is 1. The molecule has 0 aromatic heterocycles. The zero-order chi connectivity index (χ0) is 15.5. The summed E-state index contributed by atoms with van der Waals surface area (Å²) in [4.78, 5) is -0.0842. The molecule has 0 saturated carbocycles. The van der Waals surface area contributed by atoms with Crippen molar-refractivity contribution in [3.05, 3.63) is 65.7 Å². The van der Waals surface area contributed by atoms with E-state index in [9.17, 15) is 18.6 Å². The van der Waals surface area contributed by atoms with E-state index in [1.807, 2.05) is 6.07 Å². The molecule has 2 rings (SSSR count). The number of hydrogen-bond donors (Lipinski definition) is 3. The van der Waals surface area contributed by atoms with Gasteiger partial charge in [-0.1, -0.05) is 48.5 Å². The van der Waals surface area contributed by atoms with Crippen molar-refractivity contribution >= 4 is 10.0 Å². The molecule has 4 N–H and O–H groups in total. The van der Waals surface area contributed by atoms with E-state index in [4.69, 9.17) is 5.14 Å². The van der Waals surface area contributed by atoms with E-state index in [-0.39, 0.29) is 4.90 Å². The maximum atomic E-state index is 11.6. The first-order valence-corrected chi connectivity index (χ1v) is 7.95. The molecule has 0 aliphatic carbocycles. The summed E-state index contributed by atoms with van der Waals surface area (Å²) in [5, 5.41) is 25.2. The Kier molecular flexibility index (Phi) is 4.74. The van der Waals surface area contributed by atoms with Gasteiger partial charge in [0.15, 0.2) is 0 Å². The lowest BCUT2D eigenvalue weighted by molar-refractivity contribution is 0.106. The Balaban J connectivity index is 2.48. The minimum atomic E-state index is -3.93. The standard InChI is InChI=1S/C15H17NO4S/c16-21(19,20)14-9-5-4-8-12(14)13(10-17)15(18)11-6-2-1-3-7-11/h1-9,13,15,17-18H,10H2,(H2,16,19,20)/t13-,15+/m0/s1. The largest absolute Gasteiger partial charge is 0.396 e. The van der Waals surface area contributed by atoms with Gasteiger partial charge in [0.25, 0.3) is 0 Å². The first-order valence-electron chi connectivity index (χ1n) is 6.40. The molecule has 0 fully saturated rings. The zero-order valence-corrected chi connectivity index (χ0v) is 12.1. The van der Waals surface area contributed by atoms with E-state index in [0.717, 1.165) is 0 Å². The maximum Gasteiger partial charge on any atom is 0.238 e. The van der Waals surface area contributed by atoms with Gasteiger partial charge in [0.2, 0.25) is 10.0 Å². The van der Waals surface area contributed by atoms with Crippen LogP contribution in [0.25, 0.3) is 0 Å². The predicted molar refractivity (Wildman–Crippen MR) is 79.0 cm³/mol. The van der Waals surface area contributed by atoms with Crippen LogP contribution >= 0.6 is 0 Å². The minimum absolute atomic E-state index is 0.0842. The Hall–Kier alpha value is -1.73. The van der Waals surface area contributed by atoms with Gasteiger partial charge in [0, 0.05) is 5.92 Å². The van der Waals surface area contributed by atoms with Crippen LogP contribution in [0.15, 0.2) is 59.5 Å². The molecule has 0 amide bonds. The van der Waals surface area contributed by atoms with Gasteiger partial charge >= 0.3 is 0 Å². The lowest BCUT2D eigenvalue weighted by Crippen LogP contribution is -2.21. The fourth-order valence-electron chi connectivity index (χ4n) is 2.30. The lowest BCUT2D eigenvalue weighted by Gasteiger charge is -2.23. The van der Waals surface area contributed by atoms with Crippen LogP contribution in [0.3, 0.4) is 0 Å². The van der Waals surface area contributed by atoms with Crippen molar-refractivity contribution in [2.75, 3.05) is 6.61 Å². The van der Waals surface area contributed by atoms with Gasteiger partial charge in [-0.25, -0.2) is 13.6 Å². The zero-order valence-electron chi connectivity index (χ0n) is 11.3. The molecular formula is C15H17NO4S. The van der Waals surface area contributed by atoms with E-state index in [2.05, 4.69) is 0 Å². The number of aliphatic hydroxyl groups is 2. The average molecular weight is 307 g/mol. The first kappa shape index (κ1) is 15.7. The third-order valence-corrected chi connectivity index (χ3v) is 4.33. The highest BCUT2D eigenvalue weighted by atomic mass is 32.2. The summed E-state index contributed by atoms with van der Waals surface area (Å²) in [6.07, 6.45) is -1.03. The third kappa shape index (κ3) is 3.48. The van der Waals surface area contributed by atoms with Gasteiger partial charge in [-0.15, -0.1) is 0 Å². The van der Waals surface area contributed by atoms with Gasteiger partial charge in [0.05, 0.1) is 17.6 Å². The van der Waals surface area contributed by atoms with E-state index in [1.165, 1.54) is 6.07 Å². The summed E-state index contributed by atoms with van der Waals surface area (Å²) in [7, 11) is -3.93. The van der Waals surface area contributed by atoms with Crippen LogP contribution in [-0.2, 0) is 10.0 Å². The van der Waals surface area contributed by atoms with Crippen molar-refractivity contribution < 1.29 is 18.6 Å². The second-order valence-electron chi connectivity index (χ2n) is 4.73. The molecule has 0 heterocycles. The Morgan fingerprint density at radius 2 is 1.57 bits per heavy atom. The van der Waals surface area contributed by atoms with Crippen LogP contribution in [0.2, 0.25) is 0 Å². The molecule has 2 atom stereocenters. The maximum absolute atomic E-state index is 11.6. The molecule has 5 nitrogen and oxygen atoms in total. The summed E-state index contributed by atoms with van der Waals surface area (Å²) in [5.74, 6) is -0.776. The molecule has 2 aromatic carbocycles. The molecule has 0 saturated heterocycles. The molecule has 0 bridgehead atoms. The van der Waals surface area contributed by atoms with Gasteiger partial charge in [-0.2, -0.15) is 0 Å². The van der Waals surface area contributed by atoms with Crippen LogP contribution in [0.4, 0.5) is 0 Å². The Labute approximate surface area is 123 Å². The van der Waals surface area contributed by atoms with Gasteiger partial charge < -0.3 is 10.2 Å². The van der Waals surface area contributed by atoms with Crippen LogP contribution in [0.1, 0.15) is 23.1 Å². The highest BCUT2D eigenvalue weighted by molar-refractivity contribution is 7.89. The number of sulfonamides is 1. The summed E-state index contributed by atoms with van der Waals surface area (Å²) < 4.78 is 23.3. The SMILES string of the molecule is NS(=O)(=O)c1ccccc1[C@H](CO)[C@H](O)c1ccccc1. The number of aliphatic hydroxyl groups excluding tert-OH is 2. The Morgan fingerprint density at radius 1 is 1.00 bits per heavy atom. The van der Waals surface area contributed by atoms with Crippen LogP contribution < -0.4 is 5.14 Å². The van der Waals surface area contributed by atoms with E-state index < -0.39 is 28.7 Å². The van der Waals surface area contributed by atoms with Gasteiger partial charge in [-0.05, 0) is 17.2 Å². The molecule has 0 aliphatic rings. The van der Waals surface area contributed by atoms with Crippen molar-refractivity contribution in [2.45, 2.75) is 16.9 Å². The number of hydrogen-bond acceptors (Lipinski definition) is 4. The van der Waals surface area contributed by atoms with E-state index in [0.29, 0.717) is 11.1 Å². The first-order chi connectivity index (χ1) is 9.95. The number of primary sulfonamides is 1. The van der Waals surface area contributed by atoms with Crippen molar-refractivity contribution in [1.82, 2.24) is 0 Å². The topological polar surface area (TPSA) is 101 Å². The molecule has 6 heteroatoms. The fourth-order valence-corrected chi connectivity index (χ4v) is 3.11. The van der Waals surface area contributed by atoms with Crippen molar-refractivity contribution in [2.24, 2.45) is 5.14 Å². The number of rotatable bonds is 5. The molecule has 0 unspecified atom stereocenters. The van der Waals surface area contributed by atoms with E-state index >= 15 is 0 Å². The molecule has 2 aromatic rings. The van der Waals surface area contributed by atoms with Crippen LogP contribution in [0.5, 0.6) is 0 Å². The number of benzene rings is 2. The Morgan fingerprint density at radius 3 is 2.14 bits per heavy atom. The predicted octanol–water partition coefficient (Wildman–Crippen LogP) is 1.14. The molecule has 21 heavy (non-hydrogen) atoms. The Bertz CT molecular complexity index is 701. The summed E-state index contributed by atoms with van der Waals surface area (Å²) >= 11 is 0. The van der Waals surface area contributed by atoms with Crippen molar-refractivity contribution in [1.29, 1.82) is 0 Å². The van der Waals surface area contributed by atoms with Gasteiger partial charge in [-0.3, -0.25) is 0 Å². The average Bonchev–Trinajstić information content (AvgIpc) is 2.48. The molecule has 0 spiro atoms. The summed E-state index contributed by atoms with van der Waals surface area (Å²) in [6.45, 7) is -0.400. The summed E-state index contributed by atoms with van der Waals surface area (Å²) in [5.41, 5.74) is 0.902. The third-order valence-electron chi connectivity index (χ3n) is 3.34. The molecule has 112 valence electrons. The lowest BCUT2D eigenvalue weighted by atomic mass is 9.90. The molecule has 0 radical (unpaired) electrons.